The van der Waals surface area contributed by atoms with E-state index in [2.05, 4.69) is 14.7 Å². The first kappa shape index (κ1) is 15.0. The highest BCUT2D eigenvalue weighted by atomic mass is 16.6. The lowest BCUT2D eigenvalue weighted by molar-refractivity contribution is -0.151. The molecule has 0 spiro atoms. The lowest BCUT2D eigenvalue weighted by Gasteiger charge is -2.19. The van der Waals surface area contributed by atoms with Gasteiger partial charge in [-0.1, -0.05) is 13.8 Å². The van der Waals surface area contributed by atoms with Gasteiger partial charge < -0.3 is 18.9 Å². The van der Waals surface area contributed by atoms with Crippen LogP contribution in [0.2, 0.25) is 0 Å². The lowest BCUT2D eigenvalue weighted by Crippen LogP contribution is -2.34. The minimum atomic E-state index is -0.790. The van der Waals surface area contributed by atoms with Crippen LogP contribution in [-0.2, 0) is 9.53 Å². The van der Waals surface area contributed by atoms with E-state index < -0.39 is 12.1 Å². The second kappa shape index (κ2) is 6.77. The predicted octanol–water partition coefficient (Wildman–Crippen LogP) is 1.07. The van der Waals surface area contributed by atoms with Crippen molar-refractivity contribution in [3.63, 3.8) is 0 Å². The van der Waals surface area contributed by atoms with Gasteiger partial charge in [0.25, 0.3) is 0 Å². The maximum atomic E-state index is 11.6. The predicted molar refractivity (Wildman–Crippen MR) is 66.4 cm³/mol. The smallest absolute Gasteiger partial charge is 0.347 e. The Morgan fingerprint density at radius 2 is 1.63 bits per heavy atom. The molecule has 0 aliphatic rings. The minimum absolute atomic E-state index is 0.000278. The van der Waals surface area contributed by atoms with E-state index in [4.69, 9.17) is 14.2 Å². The first-order chi connectivity index (χ1) is 9.01. The summed E-state index contributed by atoms with van der Waals surface area (Å²) >= 11 is 0. The van der Waals surface area contributed by atoms with E-state index in [0.717, 1.165) is 0 Å². The van der Waals surface area contributed by atoms with Crippen molar-refractivity contribution in [1.82, 2.24) is 9.97 Å². The number of ether oxygens (including phenoxy) is 4. The van der Waals surface area contributed by atoms with E-state index in [-0.39, 0.29) is 23.7 Å². The van der Waals surface area contributed by atoms with Gasteiger partial charge in [-0.3, -0.25) is 0 Å². The van der Waals surface area contributed by atoms with Crippen molar-refractivity contribution in [2.75, 3.05) is 21.3 Å². The molecule has 0 bridgehead atoms. The summed E-state index contributed by atoms with van der Waals surface area (Å²) in [6.07, 6.45) is -0.790. The molecule has 0 aromatic carbocycles. The summed E-state index contributed by atoms with van der Waals surface area (Å²) in [7, 11) is 4.23. The molecule has 1 atom stereocenters. The molecule has 0 saturated carbocycles. The molecule has 1 rings (SSSR count). The standard InChI is InChI=1S/C12H18N2O5/c1-7(2)10(11(15)18-5)19-12-13-8(16-3)6-9(14-12)17-4/h6-7,10H,1-5H3/t10-/m0/s1. The van der Waals surface area contributed by atoms with Crippen molar-refractivity contribution in [3.05, 3.63) is 6.07 Å². The third-order valence-corrected chi connectivity index (χ3v) is 2.35. The number of hydrogen-bond donors (Lipinski definition) is 0. The number of esters is 1. The Morgan fingerprint density at radius 3 is 2.00 bits per heavy atom. The van der Waals surface area contributed by atoms with Crippen molar-refractivity contribution < 1.29 is 23.7 Å². The zero-order valence-electron chi connectivity index (χ0n) is 11.7. The van der Waals surface area contributed by atoms with Crippen molar-refractivity contribution in [1.29, 1.82) is 0 Å². The molecular formula is C12H18N2O5. The molecule has 1 aromatic heterocycles. The van der Waals surface area contributed by atoms with Crippen LogP contribution in [0.25, 0.3) is 0 Å². The van der Waals surface area contributed by atoms with Gasteiger partial charge in [-0.2, -0.15) is 9.97 Å². The number of rotatable bonds is 6. The fourth-order valence-electron chi connectivity index (χ4n) is 1.33. The third-order valence-electron chi connectivity index (χ3n) is 2.35. The molecule has 19 heavy (non-hydrogen) atoms. The Bertz CT molecular complexity index is 414. The second-order valence-electron chi connectivity index (χ2n) is 4.04. The number of carbonyl (C=O) groups excluding carboxylic acids is 1. The Kier molecular flexibility index (Phi) is 5.35. The molecule has 0 radical (unpaired) electrons. The highest BCUT2D eigenvalue weighted by Gasteiger charge is 2.26. The van der Waals surface area contributed by atoms with Crippen LogP contribution in [-0.4, -0.2) is 43.4 Å². The zero-order valence-corrected chi connectivity index (χ0v) is 11.7. The van der Waals surface area contributed by atoms with E-state index in [0.29, 0.717) is 0 Å². The van der Waals surface area contributed by atoms with Gasteiger partial charge in [-0.15, -0.1) is 0 Å². The first-order valence-electron chi connectivity index (χ1n) is 5.73. The third kappa shape index (κ3) is 3.97. The molecule has 0 fully saturated rings. The van der Waals surface area contributed by atoms with Crippen LogP contribution < -0.4 is 14.2 Å². The van der Waals surface area contributed by atoms with Gasteiger partial charge in [0.15, 0.2) is 0 Å². The molecule has 0 aliphatic carbocycles. The molecule has 1 aromatic rings. The monoisotopic (exact) mass is 270 g/mol. The molecule has 0 N–H and O–H groups in total. The highest BCUT2D eigenvalue weighted by molar-refractivity contribution is 5.75. The normalized spacial score (nSPS) is 11.9. The number of carbonyl (C=O) groups is 1. The summed E-state index contributed by atoms with van der Waals surface area (Å²) in [5.74, 6) is -0.00271. The maximum absolute atomic E-state index is 11.6. The Labute approximate surface area is 111 Å². The van der Waals surface area contributed by atoms with Crippen molar-refractivity contribution in [2.24, 2.45) is 5.92 Å². The molecule has 0 saturated heterocycles. The first-order valence-corrected chi connectivity index (χ1v) is 5.73. The van der Waals surface area contributed by atoms with Crippen molar-refractivity contribution >= 4 is 5.97 Å². The van der Waals surface area contributed by atoms with E-state index in [9.17, 15) is 4.79 Å². The van der Waals surface area contributed by atoms with Crippen LogP contribution >= 0.6 is 0 Å². The average molecular weight is 270 g/mol. The zero-order chi connectivity index (χ0) is 14.4. The van der Waals surface area contributed by atoms with E-state index >= 15 is 0 Å². The van der Waals surface area contributed by atoms with Gasteiger partial charge in [0.2, 0.25) is 17.9 Å². The minimum Gasteiger partial charge on any atom is -0.481 e. The van der Waals surface area contributed by atoms with Crippen LogP contribution in [0.15, 0.2) is 6.07 Å². The summed E-state index contributed by atoms with van der Waals surface area (Å²) in [6, 6.07) is 1.51. The van der Waals surface area contributed by atoms with E-state index in [1.54, 1.807) is 0 Å². The van der Waals surface area contributed by atoms with Gasteiger partial charge in [0, 0.05) is 5.92 Å². The van der Waals surface area contributed by atoms with Crippen molar-refractivity contribution in [2.45, 2.75) is 20.0 Å². The van der Waals surface area contributed by atoms with Gasteiger partial charge in [-0.05, 0) is 0 Å². The SMILES string of the molecule is COC(=O)[C@@H](Oc1nc(OC)cc(OC)n1)C(C)C. The van der Waals surface area contributed by atoms with Crippen LogP contribution in [0, 0.1) is 5.92 Å². The molecule has 0 unspecified atom stereocenters. The van der Waals surface area contributed by atoms with Gasteiger partial charge >= 0.3 is 12.0 Å². The Balaban J connectivity index is 2.98. The van der Waals surface area contributed by atoms with E-state index in [1.165, 1.54) is 27.4 Å². The molecule has 106 valence electrons. The fourth-order valence-corrected chi connectivity index (χ4v) is 1.33. The quantitative estimate of drug-likeness (QED) is 0.715. The molecule has 7 nitrogen and oxygen atoms in total. The summed E-state index contributed by atoms with van der Waals surface area (Å²) < 4.78 is 20.1. The lowest BCUT2D eigenvalue weighted by atomic mass is 10.1. The fraction of sp³-hybridized carbons (Fsp3) is 0.583. The van der Waals surface area contributed by atoms with E-state index in [1.807, 2.05) is 13.8 Å². The largest absolute Gasteiger partial charge is 0.481 e. The summed E-state index contributed by atoms with van der Waals surface area (Å²) in [6.45, 7) is 3.66. The van der Waals surface area contributed by atoms with Gasteiger partial charge in [0.1, 0.15) is 0 Å². The second-order valence-corrected chi connectivity index (χ2v) is 4.04. The molecule has 0 aliphatic heterocycles. The van der Waals surface area contributed by atoms with Crippen LogP contribution in [0.4, 0.5) is 0 Å². The van der Waals surface area contributed by atoms with Crippen LogP contribution in [0.1, 0.15) is 13.8 Å². The molecule has 7 heteroatoms. The molecular weight excluding hydrogens is 252 g/mol. The summed E-state index contributed by atoms with van der Waals surface area (Å²) in [4.78, 5) is 19.6. The highest BCUT2D eigenvalue weighted by Crippen LogP contribution is 2.21. The maximum Gasteiger partial charge on any atom is 0.347 e. The van der Waals surface area contributed by atoms with Gasteiger partial charge in [-0.25, -0.2) is 4.79 Å². The van der Waals surface area contributed by atoms with Crippen LogP contribution in [0.5, 0.6) is 17.8 Å². The Morgan fingerprint density at radius 1 is 1.11 bits per heavy atom. The van der Waals surface area contributed by atoms with Crippen LogP contribution in [0.3, 0.4) is 0 Å². The number of nitrogens with zero attached hydrogens (tertiary/aromatic N) is 2. The number of aromatic nitrogens is 2. The number of methoxy groups -OCH3 is 3. The Hall–Kier alpha value is -2.05. The average Bonchev–Trinajstić information content (AvgIpc) is 2.43. The summed E-state index contributed by atoms with van der Waals surface area (Å²) in [5, 5.41) is 0. The van der Waals surface area contributed by atoms with Gasteiger partial charge in [0.05, 0.1) is 27.4 Å². The van der Waals surface area contributed by atoms with Crippen molar-refractivity contribution in [3.8, 4) is 17.8 Å². The topological polar surface area (TPSA) is 79.8 Å². The number of hydrogen-bond acceptors (Lipinski definition) is 7. The summed E-state index contributed by atoms with van der Waals surface area (Å²) in [5.41, 5.74) is 0. The molecule has 0 amide bonds. The molecule has 1 heterocycles.